The smallest absolute Gasteiger partial charge is 0.262 e. The minimum Gasteiger partial charge on any atom is -0.493 e. The number of methoxy groups -OCH3 is 2. The first-order valence-electron chi connectivity index (χ1n) is 6.90. The molecule has 1 aromatic carbocycles. The first-order chi connectivity index (χ1) is 10.0. The Bertz CT molecular complexity index is 764. The molecule has 0 fully saturated rings. The summed E-state index contributed by atoms with van der Waals surface area (Å²) in [7, 11) is 3.11. The molecule has 2 aromatic rings. The van der Waals surface area contributed by atoms with Crippen LogP contribution in [-0.4, -0.2) is 23.8 Å². The van der Waals surface area contributed by atoms with E-state index in [0.29, 0.717) is 39.6 Å². The average molecular weight is 308 g/mol. The van der Waals surface area contributed by atoms with Gasteiger partial charge in [0.1, 0.15) is 0 Å². The van der Waals surface area contributed by atoms with Crippen molar-refractivity contribution < 1.29 is 9.47 Å². The topological polar surface area (TPSA) is 56.2 Å². The molecule has 1 heterocycles. The van der Waals surface area contributed by atoms with Crippen LogP contribution in [0.1, 0.15) is 20.3 Å². The van der Waals surface area contributed by atoms with Crippen LogP contribution in [-0.2, 0) is 6.54 Å². The number of aromatic amines is 1. The minimum absolute atomic E-state index is 0.102. The number of ether oxygens (including phenoxy) is 2. The number of nitrogens with one attached hydrogen (secondary N) is 1. The molecule has 5 nitrogen and oxygen atoms in total. The van der Waals surface area contributed by atoms with E-state index in [4.69, 9.17) is 21.7 Å². The fourth-order valence-electron chi connectivity index (χ4n) is 2.19. The maximum atomic E-state index is 12.6. The molecule has 0 saturated heterocycles. The van der Waals surface area contributed by atoms with Gasteiger partial charge in [0.15, 0.2) is 16.3 Å². The van der Waals surface area contributed by atoms with E-state index in [0.717, 1.165) is 6.42 Å². The van der Waals surface area contributed by atoms with Crippen LogP contribution in [0.2, 0.25) is 0 Å². The molecule has 0 amide bonds. The van der Waals surface area contributed by atoms with Gasteiger partial charge in [0.25, 0.3) is 5.56 Å². The van der Waals surface area contributed by atoms with Gasteiger partial charge >= 0.3 is 0 Å². The number of nitrogens with zero attached hydrogens (tertiary/aromatic N) is 1. The molecule has 2 rings (SSSR count). The van der Waals surface area contributed by atoms with Crippen LogP contribution in [0.3, 0.4) is 0 Å². The third-order valence-corrected chi connectivity index (χ3v) is 4.00. The predicted octanol–water partition coefficient (Wildman–Crippen LogP) is 3.12. The fraction of sp³-hybridized carbons (Fsp3) is 0.467. The number of hydrogen-bond donors (Lipinski definition) is 1. The van der Waals surface area contributed by atoms with Crippen LogP contribution >= 0.6 is 12.2 Å². The summed E-state index contributed by atoms with van der Waals surface area (Å²) >= 11 is 5.31. The number of aromatic nitrogens is 2. The largest absolute Gasteiger partial charge is 0.493 e. The third kappa shape index (κ3) is 2.95. The number of fused-ring (bicyclic) bond motifs is 1. The highest BCUT2D eigenvalue weighted by Gasteiger charge is 2.12. The quantitative estimate of drug-likeness (QED) is 0.862. The Labute approximate surface area is 128 Å². The Morgan fingerprint density at radius 2 is 1.90 bits per heavy atom. The van der Waals surface area contributed by atoms with Crippen LogP contribution in [0.15, 0.2) is 16.9 Å². The molecule has 0 aliphatic heterocycles. The van der Waals surface area contributed by atoms with Gasteiger partial charge in [-0.15, -0.1) is 0 Å². The lowest BCUT2D eigenvalue weighted by atomic mass is 10.1. The Morgan fingerprint density at radius 3 is 2.48 bits per heavy atom. The zero-order valence-electron chi connectivity index (χ0n) is 12.7. The van der Waals surface area contributed by atoms with E-state index in [1.165, 1.54) is 0 Å². The molecular weight excluding hydrogens is 288 g/mol. The van der Waals surface area contributed by atoms with E-state index >= 15 is 0 Å². The fourth-order valence-corrected chi connectivity index (χ4v) is 2.45. The third-order valence-electron chi connectivity index (χ3n) is 3.68. The van der Waals surface area contributed by atoms with E-state index in [1.54, 1.807) is 30.9 Å². The van der Waals surface area contributed by atoms with Crippen LogP contribution < -0.4 is 15.0 Å². The van der Waals surface area contributed by atoms with Gasteiger partial charge in [-0.2, -0.15) is 0 Å². The summed E-state index contributed by atoms with van der Waals surface area (Å²) in [5.74, 6) is 1.48. The molecule has 0 radical (unpaired) electrons. The van der Waals surface area contributed by atoms with Gasteiger partial charge in [-0.3, -0.25) is 9.36 Å². The maximum absolute atomic E-state index is 12.6. The van der Waals surface area contributed by atoms with Crippen molar-refractivity contribution in [2.24, 2.45) is 5.92 Å². The Hall–Kier alpha value is -1.82. The number of hydrogen-bond acceptors (Lipinski definition) is 4. The van der Waals surface area contributed by atoms with Gasteiger partial charge in [-0.1, -0.05) is 20.3 Å². The van der Waals surface area contributed by atoms with Crippen LogP contribution in [0, 0.1) is 10.7 Å². The Kier molecular flexibility index (Phi) is 4.67. The highest BCUT2D eigenvalue weighted by molar-refractivity contribution is 7.71. The minimum atomic E-state index is -0.102. The molecule has 0 bridgehead atoms. The van der Waals surface area contributed by atoms with Crippen molar-refractivity contribution in [2.45, 2.75) is 26.8 Å². The summed E-state index contributed by atoms with van der Waals surface area (Å²) in [4.78, 5) is 15.7. The van der Waals surface area contributed by atoms with E-state index in [2.05, 4.69) is 18.8 Å². The zero-order valence-corrected chi connectivity index (χ0v) is 13.5. The molecule has 21 heavy (non-hydrogen) atoms. The average Bonchev–Trinajstić information content (AvgIpc) is 2.49. The molecule has 1 aromatic heterocycles. The lowest BCUT2D eigenvalue weighted by Gasteiger charge is -2.14. The van der Waals surface area contributed by atoms with Gasteiger partial charge in [-0.05, 0) is 24.2 Å². The molecule has 0 spiro atoms. The monoisotopic (exact) mass is 308 g/mol. The van der Waals surface area contributed by atoms with Gasteiger partial charge in [0, 0.05) is 12.6 Å². The number of benzene rings is 1. The van der Waals surface area contributed by atoms with E-state index < -0.39 is 0 Å². The molecule has 1 atom stereocenters. The summed E-state index contributed by atoms with van der Waals surface area (Å²) < 4.78 is 12.5. The Morgan fingerprint density at radius 1 is 1.29 bits per heavy atom. The van der Waals surface area contributed by atoms with Crippen molar-refractivity contribution in [3.05, 3.63) is 27.3 Å². The van der Waals surface area contributed by atoms with Crippen LogP contribution in [0.5, 0.6) is 11.5 Å². The molecule has 1 N–H and O–H groups in total. The summed E-state index contributed by atoms with van der Waals surface area (Å²) in [5, 5.41) is 0.546. The number of H-pyrrole nitrogens is 1. The second-order valence-corrected chi connectivity index (χ2v) is 5.50. The normalized spacial score (nSPS) is 12.4. The molecule has 0 aliphatic carbocycles. The van der Waals surface area contributed by atoms with Gasteiger partial charge < -0.3 is 14.5 Å². The highest BCUT2D eigenvalue weighted by atomic mass is 32.1. The van der Waals surface area contributed by atoms with Gasteiger partial charge in [-0.25, -0.2) is 0 Å². The standard InChI is InChI=1S/C15H20N2O3S/c1-5-9(2)8-17-14(18)10-6-12(19-3)13(20-4)7-11(10)16-15(17)21/h6-7,9H,5,8H2,1-4H3,(H,16,21)/t9-/m0/s1. The summed E-state index contributed by atoms with van der Waals surface area (Å²) in [6.07, 6.45) is 0.991. The van der Waals surface area contributed by atoms with Crippen LogP contribution in [0.4, 0.5) is 0 Å². The first-order valence-corrected chi connectivity index (χ1v) is 7.31. The van der Waals surface area contributed by atoms with E-state index in [1.807, 2.05) is 0 Å². The lowest BCUT2D eigenvalue weighted by molar-refractivity contribution is 0.355. The molecule has 0 saturated carbocycles. The van der Waals surface area contributed by atoms with Crippen molar-refractivity contribution in [1.82, 2.24) is 9.55 Å². The van der Waals surface area contributed by atoms with Crippen molar-refractivity contribution in [3.63, 3.8) is 0 Å². The summed E-state index contributed by atoms with van der Waals surface area (Å²) in [5.41, 5.74) is 0.554. The SMILES string of the molecule is CC[C@H](C)Cn1c(=S)[nH]c2cc(OC)c(OC)cc2c1=O. The summed E-state index contributed by atoms with van der Waals surface area (Å²) in [6.45, 7) is 4.80. The molecular formula is C15H20N2O3S. The molecule has 6 heteroatoms. The van der Waals surface area contributed by atoms with Gasteiger partial charge in [0.05, 0.1) is 25.1 Å². The molecule has 0 aliphatic rings. The second kappa shape index (κ2) is 6.30. The predicted molar refractivity (Wildman–Crippen MR) is 86.0 cm³/mol. The van der Waals surface area contributed by atoms with Gasteiger partial charge in [0.2, 0.25) is 0 Å². The Balaban J connectivity index is 2.70. The summed E-state index contributed by atoms with van der Waals surface area (Å²) in [6, 6.07) is 3.42. The highest BCUT2D eigenvalue weighted by Crippen LogP contribution is 2.29. The van der Waals surface area contributed by atoms with Crippen molar-refractivity contribution in [1.29, 1.82) is 0 Å². The van der Waals surface area contributed by atoms with Crippen molar-refractivity contribution in [2.75, 3.05) is 14.2 Å². The van der Waals surface area contributed by atoms with E-state index in [-0.39, 0.29) is 5.56 Å². The second-order valence-electron chi connectivity index (χ2n) is 5.11. The number of rotatable bonds is 5. The molecule has 114 valence electrons. The lowest BCUT2D eigenvalue weighted by Crippen LogP contribution is -2.25. The first kappa shape index (κ1) is 15.6. The zero-order chi connectivity index (χ0) is 15.6. The van der Waals surface area contributed by atoms with Crippen molar-refractivity contribution >= 4 is 23.1 Å². The van der Waals surface area contributed by atoms with Crippen LogP contribution in [0.25, 0.3) is 10.9 Å². The van der Waals surface area contributed by atoms with Crippen molar-refractivity contribution in [3.8, 4) is 11.5 Å². The maximum Gasteiger partial charge on any atom is 0.262 e. The van der Waals surface area contributed by atoms with E-state index in [9.17, 15) is 4.79 Å². The molecule has 0 unspecified atom stereocenters.